The number of benzene rings is 1. The van der Waals surface area contributed by atoms with Crippen molar-refractivity contribution < 1.29 is 9.90 Å². The fraction of sp³-hybridized carbons (Fsp3) is 0.500. The van der Waals surface area contributed by atoms with Crippen LogP contribution in [0.2, 0.25) is 0 Å². The number of aliphatic hydroxyl groups excluding tert-OH is 1. The van der Waals surface area contributed by atoms with Crippen LogP contribution < -0.4 is 5.32 Å². The number of thioether (sulfide) groups is 1. The van der Waals surface area contributed by atoms with Crippen LogP contribution in [0.15, 0.2) is 30.3 Å². The number of hydrogen-bond donors (Lipinski definition) is 2. The molecule has 1 atom stereocenters. The Morgan fingerprint density at radius 2 is 2.00 bits per heavy atom. The van der Waals surface area contributed by atoms with Gasteiger partial charge in [0.1, 0.15) is 0 Å². The Bertz CT molecular complexity index is 354. The van der Waals surface area contributed by atoms with E-state index >= 15 is 0 Å². The summed E-state index contributed by atoms with van der Waals surface area (Å²) in [5, 5.41) is 12.8. The predicted molar refractivity (Wildman–Crippen MR) is 76.6 cm³/mol. The third-order valence-electron chi connectivity index (χ3n) is 2.40. The summed E-state index contributed by atoms with van der Waals surface area (Å²) in [4.78, 5) is 11.5. The van der Waals surface area contributed by atoms with Gasteiger partial charge in [0.05, 0.1) is 11.9 Å². The van der Waals surface area contributed by atoms with Crippen molar-refractivity contribution >= 4 is 17.7 Å². The summed E-state index contributed by atoms with van der Waals surface area (Å²) in [6.45, 7) is 4.83. The molecule has 0 aromatic heterocycles. The lowest BCUT2D eigenvalue weighted by molar-refractivity contribution is -0.118. The van der Waals surface area contributed by atoms with Crippen molar-refractivity contribution in [3.8, 4) is 0 Å². The third-order valence-corrected chi connectivity index (χ3v) is 3.42. The molecule has 0 saturated carbocycles. The lowest BCUT2D eigenvalue weighted by Gasteiger charge is -2.11. The smallest absolute Gasteiger partial charge is 0.230 e. The van der Waals surface area contributed by atoms with Crippen LogP contribution in [0.4, 0.5) is 0 Å². The molecule has 1 amide bonds. The number of aliphatic hydroxyl groups is 1. The third kappa shape index (κ3) is 6.07. The molecule has 0 spiro atoms. The molecular formula is C14H21NO2S. The summed E-state index contributed by atoms with van der Waals surface area (Å²) in [7, 11) is 0. The van der Waals surface area contributed by atoms with Gasteiger partial charge in [0.15, 0.2) is 0 Å². The van der Waals surface area contributed by atoms with Gasteiger partial charge in [0.25, 0.3) is 0 Å². The summed E-state index contributed by atoms with van der Waals surface area (Å²) < 4.78 is 0. The maximum absolute atomic E-state index is 11.5. The van der Waals surface area contributed by atoms with Crippen LogP contribution in [0.3, 0.4) is 0 Å². The molecule has 4 heteroatoms. The number of amides is 1. The lowest BCUT2D eigenvalue weighted by Crippen LogP contribution is -2.29. The molecule has 1 aromatic carbocycles. The fourth-order valence-corrected chi connectivity index (χ4v) is 2.22. The standard InChI is InChI=1S/C14H21NO2S/c1-11(2)8-15-14(17)10-18-9-13(16)12-6-4-3-5-7-12/h3-7,11,13,16H,8-10H2,1-2H3,(H,15,17). The minimum atomic E-state index is -0.505. The summed E-state index contributed by atoms with van der Waals surface area (Å²) in [6, 6.07) is 9.51. The predicted octanol–water partition coefficient (Wildman–Crippen LogP) is 2.23. The van der Waals surface area contributed by atoms with Gasteiger partial charge in [0, 0.05) is 12.3 Å². The molecular weight excluding hydrogens is 246 g/mol. The first kappa shape index (κ1) is 15.1. The normalized spacial score (nSPS) is 12.4. The quantitative estimate of drug-likeness (QED) is 0.796. The van der Waals surface area contributed by atoms with E-state index in [1.54, 1.807) is 0 Å². The number of rotatable bonds is 7. The summed E-state index contributed by atoms with van der Waals surface area (Å²) in [5.41, 5.74) is 0.896. The van der Waals surface area contributed by atoms with Crippen molar-refractivity contribution in [2.75, 3.05) is 18.1 Å². The molecule has 0 aliphatic rings. The molecule has 1 aromatic rings. The topological polar surface area (TPSA) is 49.3 Å². The molecule has 0 aliphatic heterocycles. The van der Waals surface area contributed by atoms with Crippen LogP contribution in [0, 0.1) is 5.92 Å². The van der Waals surface area contributed by atoms with Gasteiger partial charge in [-0.15, -0.1) is 11.8 Å². The highest BCUT2D eigenvalue weighted by molar-refractivity contribution is 7.99. The van der Waals surface area contributed by atoms with Gasteiger partial charge in [-0.05, 0) is 11.5 Å². The molecule has 100 valence electrons. The molecule has 0 heterocycles. The molecule has 1 rings (SSSR count). The Balaban J connectivity index is 2.19. The zero-order chi connectivity index (χ0) is 13.4. The number of carbonyl (C=O) groups excluding carboxylic acids is 1. The second-order valence-electron chi connectivity index (χ2n) is 4.64. The Morgan fingerprint density at radius 1 is 1.33 bits per heavy atom. The molecule has 3 nitrogen and oxygen atoms in total. The minimum Gasteiger partial charge on any atom is -0.388 e. The Morgan fingerprint density at radius 3 is 2.61 bits per heavy atom. The van der Waals surface area contributed by atoms with E-state index < -0.39 is 6.10 Å². The largest absolute Gasteiger partial charge is 0.388 e. The van der Waals surface area contributed by atoms with Crippen LogP contribution in [0.25, 0.3) is 0 Å². The van der Waals surface area contributed by atoms with Gasteiger partial charge in [-0.2, -0.15) is 0 Å². The fourth-order valence-electron chi connectivity index (χ4n) is 1.40. The van der Waals surface area contributed by atoms with E-state index in [0.29, 0.717) is 24.0 Å². The highest BCUT2D eigenvalue weighted by atomic mass is 32.2. The maximum Gasteiger partial charge on any atom is 0.230 e. The first-order valence-electron chi connectivity index (χ1n) is 6.17. The monoisotopic (exact) mass is 267 g/mol. The number of carbonyl (C=O) groups is 1. The van der Waals surface area contributed by atoms with E-state index in [4.69, 9.17) is 0 Å². The van der Waals surface area contributed by atoms with Crippen LogP contribution in [0.5, 0.6) is 0 Å². The average molecular weight is 267 g/mol. The van der Waals surface area contributed by atoms with Crippen LogP contribution >= 0.6 is 11.8 Å². The second-order valence-corrected chi connectivity index (χ2v) is 5.67. The van der Waals surface area contributed by atoms with Crippen LogP contribution in [0.1, 0.15) is 25.5 Å². The van der Waals surface area contributed by atoms with Crippen molar-refractivity contribution in [1.82, 2.24) is 5.32 Å². The molecule has 1 unspecified atom stereocenters. The van der Waals surface area contributed by atoms with Gasteiger partial charge in [-0.1, -0.05) is 44.2 Å². The maximum atomic E-state index is 11.5. The van der Waals surface area contributed by atoms with E-state index in [1.165, 1.54) is 11.8 Å². The Kier molecular flexibility index (Phi) is 6.83. The second kappa shape index (κ2) is 8.16. The number of nitrogens with one attached hydrogen (secondary N) is 1. The van der Waals surface area contributed by atoms with E-state index in [-0.39, 0.29) is 5.91 Å². The van der Waals surface area contributed by atoms with Crippen molar-refractivity contribution in [2.24, 2.45) is 5.92 Å². The molecule has 2 N–H and O–H groups in total. The van der Waals surface area contributed by atoms with E-state index in [1.807, 2.05) is 30.3 Å². The molecule has 0 radical (unpaired) electrons. The zero-order valence-electron chi connectivity index (χ0n) is 10.9. The Hall–Kier alpha value is -1.00. The van der Waals surface area contributed by atoms with E-state index in [9.17, 15) is 9.90 Å². The van der Waals surface area contributed by atoms with Gasteiger partial charge < -0.3 is 10.4 Å². The summed E-state index contributed by atoms with van der Waals surface area (Å²) >= 11 is 1.45. The van der Waals surface area contributed by atoms with E-state index in [2.05, 4.69) is 19.2 Å². The number of hydrogen-bond acceptors (Lipinski definition) is 3. The van der Waals surface area contributed by atoms with Crippen molar-refractivity contribution in [1.29, 1.82) is 0 Å². The van der Waals surface area contributed by atoms with E-state index in [0.717, 1.165) is 5.56 Å². The first-order chi connectivity index (χ1) is 8.59. The molecule has 0 fully saturated rings. The first-order valence-corrected chi connectivity index (χ1v) is 7.32. The van der Waals surface area contributed by atoms with Crippen molar-refractivity contribution in [3.05, 3.63) is 35.9 Å². The molecule has 18 heavy (non-hydrogen) atoms. The van der Waals surface area contributed by atoms with Crippen LogP contribution in [-0.4, -0.2) is 29.1 Å². The SMILES string of the molecule is CC(C)CNC(=O)CSCC(O)c1ccccc1. The molecule has 0 bridgehead atoms. The summed E-state index contributed by atoms with van der Waals surface area (Å²) in [6.07, 6.45) is -0.505. The summed E-state index contributed by atoms with van der Waals surface area (Å²) in [5.74, 6) is 1.44. The van der Waals surface area contributed by atoms with Gasteiger partial charge in [0.2, 0.25) is 5.91 Å². The van der Waals surface area contributed by atoms with Crippen molar-refractivity contribution in [2.45, 2.75) is 20.0 Å². The van der Waals surface area contributed by atoms with Gasteiger partial charge >= 0.3 is 0 Å². The Labute approximate surface area is 113 Å². The van der Waals surface area contributed by atoms with Crippen molar-refractivity contribution in [3.63, 3.8) is 0 Å². The van der Waals surface area contributed by atoms with Gasteiger partial charge in [-0.3, -0.25) is 4.79 Å². The van der Waals surface area contributed by atoms with Crippen LogP contribution in [-0.2, 0) is 4.79 Å². The minimum absolute atomic E-state index is 0.0361. The van der Waals surface area contributed by atoms with Gasteiger partial charge in [-0.25, -0.2) is 0 Å². The zero-order valence-corrected chi connectivity index (χ0v) is 11.7. The lowest BCUT2D eigenvalue weighted by atomic mass is 10.1. The highest BCUT2D eigenvalue weighted by Gasteiger charge is 2.08. The average Bonchev–Trinajstić information content (AvgIpc) is 2.37. The highest BCUT2D eigenvalue weighted by Crippen LogP contribution is 2.17. The molecule has 0 aliphatic carbocycles. The molecule has 0 saturated heterocycles.